The van der Waals surface area contributed by atoms with Crippen LogP contribution in [0, 0.1) is 0 Å². The quantitative estimate of drug-likeness (QED) is 0.575. The Kier molecular flexibility index (Phi) is 6.55. The number of benzene rings is 3. The van der Waals surface area contributed by atoms with Gasteiger partial charge in [-0.25, -0.2) is 8.42 Å². The number of hydrogen-bond donors (Lipinski definition) is 1. The highest BCUT2D eigenvalue weighted by molar-refractivity contribution is 7.92. The van der Waals surface area contributed by atoms with Gasteiger partial charge in [0.1, 0.15) is 5.75 Å². The monoisotopic (exact) mass is 446 g/mol. The number of nitrogens with one attached hydrogen (secondary N) is 1. The highest BCUT2D eigenvalue weighted by Gasteiger charge is 2.21. The molecule has 1 N–H and O–H groups in total. The molecule has 3 aromatic rings. The highest BCUT2D eigenvalue weighted by Crippen LogP contribution is 2.33. The maximum absolute atomic E-state index is 12.9. The summed E-state index contributed by atoms with van der Waals surface area (Å²) in [5.41, 5.74) is 1.90. The minimum atomic E-state index is -3.62. The first kappa shape index (κ1) is 22.2. The van der Waals surface area contributed by atoms with Crippen LogP contribution in [0.2, 0.25) is 0 Å². The molecule has 0 saturated carbocycles. The zero-order valence-corrected chi connectivity index (χ0v) is 17.6. The number of carbonyl (C=O) groups is 1. The summed E-state index contributed by atoms with van der Waals surface area (Å²) in [6.45, 7) is -3.10. The molecule has 0 atom stereocenters. The van der Waals surface area contributed by atoms with Crippen LogP contribution < -0.4 is 14.4 Å². The Morgan fingerprint density at radius 3 is 2.26 bits per heavy atom. The number of hydrogen-bond acceptors (Lipinski definition) is 4. The molecule has 0 aliphatic heterocycles. The van der Waals surface area contributed by atoms with Gasteiger partial charge in [-0.2, -0.15) is 8.78 Å². The van der Waals surface area contributed by atoms with Crippen molar-refractivity contribution in [1.82, 2.24) is 0 Å². The normalized spacial score (nSPS) is 11.3. The van der Waals surface area contributed by atoms with E-state index in [1.54, 1.807) is 18.2 Å². The van der Waals surface area contributed by atoms with Crippen molar-refractivity contribution >= 4 is 27.3 Å². The van der Waals surface area contributed by atoms with Gasteiger partial charge in [0.25, 0.3) is 5.91 Å². The van der Waals surface area contributed by atoms with Crippen LogP contribution in [0.1, 0.15) is 10.4 Å². The standard InChI is InChI=1S/C22H20F2N2O4S/c1-26(31(2,28)29)19-13-12-16(15-8-4-3-5-9-15)14-18(19)25-21(27)17-10-6-7-11-20(17)30-22(23)24/h3-14,22H,1-2H3,(H,25,27). The van der Waals surface area contributed by atoms with Gasteiger partial charge >= 0.3 is 6.61 Å². The smallest absolute Gasteiger partial charge is 0.387 e. The number of alkyl halides is 2. The summed E-state index contributed by atoms with van der Waals surface area (Å²) in [4.78, 5) is 12.9. The second kappa shape index (κ2) is 9.13. The fraction of sp³-hybridized carbons (Fsp3) is 0.136. The predicted octanol–water partition coefficient (Wildman–Crippen LogP) is 4.60. The van der Waals surface area contributed by atoms with Gasteiger partial charge in [-0.3, -0.25) is 9.10 Å². The Hall–Kier alpha value is -3.46. The molecule has 0 unspecified atom stereocenters. The van der Waals surface area contributed by atoms with Crippen molar-refractivity contribution < 1.29 is 26.7 Å². The number of carbonyl (C=O) groups excluding carboxylic acids is 1. The third-order valence-corrected chi connectivity index (χ3v) is 5.73. The number of ether oxygens (including phenoxy) is 1. The van der Waals surface area contributed by atoms with Crippen LogP contribution in [0.25, 0.3) is 11.1 Å². The minimum Gasteiger partial charge on any atom is -0.434 e. The number of nitrogens with zero attached hydrogens (tertiary/aromatic N) is 1. The van der Waals surface area contributed by atoms with Crippen molar-refractivity contribution in [3.8, 4) is 16.9 Å². The summed E-state index contributed by atoms with van der Waals surface area (Å²) in [5, 5.41) is 2.63. The first-order valence-electron chi connectivity index (χ1n) is 9.15. The average molecular weight is 446 g/mol. The Balaban J connectivity index is 2.05. The molecule has 162 valence electrons. The fourth-order valence-corrected chi connectivity index (χ4v) is 3.46. The summed E-state index contributed by atoms with van der Waals surface area (Å²) in [6, 6.07) is 19.8. The van der Waals surface area contributed by atoms with Crippen molar-refractivity contribution in [2.45, 2.75) is 6.61 Å². The van der Waals surface area contributed by atoms with E-state index in [0.717, 1.165) is 21.7 Å². The van der Waals surface area contributed by atoms with E-state index in [0.29, 0.717) is 0 Å². The molecule has 1 amide bonds. The molecule has 0 bridgehead atoms. The number of sulfonamides is 1. The van der Waals surface area contributed by atoms with Crippen LogP contribution in [-0.4, -0.2) is 34.2 Å². The maximum Gasteiger partial charge on any atom is 0.387 e. The Labute approximate surface area is 179 Å². The van der Waals surface area contributed by atoms with Crippen LogP contribution >= 0.6 is 0 Å². The minimum absolute atomic E-state index is 0.110. The Morgan fingerprint density at radius 1 is 0.968 bits per heavy atom. The molecule has 0 aliphatic rings. The molecule has 0 fully saturated rings. The van der Waals surface area contributed by atoms with Gasteiger partial charge in [-0.15, -0.1) is 0 Å². The zero-order valence-electron chi connectivity index (χ0n) is 16.7. The van der Waals surface area contributed by atoms with E-state index in [9.17, 15) is 22.0 Å². The summed E-state index contributed by atoms with van der Waals surface area (Å²) in [5.74, 6) is -1.00. The summed E-state index contributed by atoms with van der Waals surface area (Å²) >= 11 is 0. The van der Waals surface area contributed by atoms with E-state index in [4.69, 9.17) is 0 Å². The average Bonchev–Trinajstić information content (AvgIpc) is 2.73. The van der Waals surface area contributed by atoms with E-state index in [1.807, 2.05) is 30.3 Å². The zero-order chi connectivity index (χ0) is 22.6. The van der Waals surface area contributed by atoms with Crippen LogP contribution in [0.4, 0.5) is 20.2 Å². The lowest BCUT2D eigenvalue weighted by atomic mass is 10.0. The van der Waals surface area contributed by atoms with Gasteiger partial charge in [0.05, 0.1) is 23.2 Å². The van der Waals surface area contributed by atoms with Gasteiger partial charge < -0.3 is 10.1 Å². The summed E-state index contributed by atoms with van der Waals surface area (Å²) in [6.07, 6.45) is 1.04. The lowest BCUT2D eigenvalue weighted by Gasteiger charge is -2.22. The molecule has 3 aromatic carbocycles. The molecule has 6 nitrogen and oxygen atoms in total. The Morgan fingerprint density at radius 2 is 1.61 bits per heavy atom. The fourth-order valence-electron chi connectivity index (χ4n) is 2.94. The topological polar surface area (TPSA) is 75.7 Å². The van der Waals surface area contributed by atoms with Gasteiger partial charge in [0, 0.05) is 7.05 Å². The van der Waals surface area contributed by atoms with E-state index >= 15 is 0 Å². The van der Waals surface area contributed by atoms with Gasteiger partial charge in [-0.05, 0) is 35.4 Å². The molecule has 3 rings (SSSR count). The Bertz CT molecular complexity index is 1190. The van der Waals surface area contributed by atoms with E-state index < -0.39 is 22.5 Å². The number of rotatable bonds is 7. The largest absolute Gasteiger partial charge is 0.434 e. The van der Waals surface area contributed by atoms with E-state index in [-0.39, 0.29) is 22.7 Å². The van der Waals surface area contributed by atoms with E-state index in [1.165, 1.54) is 31.3 Å². The van der Waals surface area contributed by atoms with Gasteiger partial charge in [0.2, 0.25) is 10.0 Å². The van der Waals surface area contributed by atoms with Crippen molar-refractivity contribution in [1.29, 1.82) is 0 Å². The van der Waals surface area contributed by atoms with Crippen molar-refractivity contribution in [2.75, 3.05) is 22.9 Å². The molecular formula is C22H20F2N2O4S. The maximum atomic E-state index is 12.9. The van der Waals surface area contributed by atoms with Crippen molar-refractivity contribution in [3.63, 3.8) is 0 Å². The lowest BCUT2D eigenvalue weighted by Crippen LogP contribution is -2.26. The number of para-hydroxylation sites is 1. The number of amides is 1. The van der Waals surface area contributed by atoms with Crippen LogP contribution in [-0.2, 0) is 10.0 Å². The number of anilines is 2. The predicted molar refractivity (Wildman–Crippen MR) is 116 cm³/mol. The van der Waals surface area contributed by atoms with Crippen LogP contribution in [0.5, 0.6) is 5.75 Å². The SMILES string of the molecule is CN(c1ccc(-c2ccccc2)cc1NC(=O)c1ccccc1OC(F)F)S(C)(=O)=O. The van der Waals surface area contributed by atoms with Crippen LogP contribution in [0.3, 0.4) is 0 Å². The molecule has 0 aromatic heterocycles. The lowest BCUT2D eigenvalue weighted by molar-refractivity contribution is -0.0501. The van der Waals surface area contributed by atoms with Gasteiger partial charge in [0.15, 0.2) is 0 Å². The molecule has 0 heterocycles. The molecule has 9 heteroatoms. The van der Waals surface area contributed by atoms with Crippen molar-refractivity contribution in [3.05, 3.63) is 78.4 Å². The highest BCUT2D eigenvalue weighted by atomic mass is 32.2. The summed E-state index contributed by atoms with van der Waals surface area (Å²) < 4.78 is 55.0. The second-order valence-corrected chi connectivity index (χ2v) is 8.67. The molecular weight excluding hydrogens is 426 g/mol. The van der Waals surface area contributed by atoms with E-state index in [2.05, 4.69) is 10.1 Å². The molecule has 0 spiro atoms. The first-order valence-corrected chi connectivity index (χ1v) is 11.0. The van der Waals surface area contributed by atoms with Crippen LogP contribution in [0.15, 0.2) is 72.8 Å². The van der Waals surface area contributed by atoms with Crippen molar-refractivity contribution in [2.24, 2.45) is 0 Å². The molecule has 0 radical (unpaired) electrons. The number of halogens is 2. The van der Waals surface area contributed by atoms with Gasteiger partial charge in [-0.1, -0.05) is 48.5 Å². The molecule has 31 heavy (non-hydrogen) atoms. The molecule has 0 aliphatic carbocycles. The summed E-state index contributed by atoms with van der Waals surface area (Å²) in [7, 11) is -2.26. The third kappa shape index (κ3) is 5.37. The first-order chi connectivity index (χ1) is 14.7. The molecule has 0 saturated heterocycles. The second-order valence-electron chi connectivity index (χ2n) is 6.66. The third-order valence-electron chi connectivity index (χ3n) is 4.54.